The fourth-order valence-corrected chi connectivity index (χ4v) is 1.71. The van der Waals surface area contributed by atoms with Gasteiger partial charge in [0.2, 0.25) is 5.91 Å². The van der Waals surface area contributed by atoms with Crippen LogP contribution in [0.3, 0.4) is 0 Å². The number of aliphatic hydroxyl groups excluding tert-OH is 1. The van der Waals surface area contributed by atoms with E-state index in [9.17, 15) is 14.4 Å². The maximum atomic E-state index is 12.0. The zero-order valence-corrected chi connectivity index (χ0v) is 11.7. The highest BCUT2D eigenvalue weighted by molar-refractivity contribution is 5.96. The smallest absolute Gasteiger partial charge is 0.326 e. The molecule has 0 unspecified atom stereocenters. The van der Waals surface area contributed by atoms with Crippen LogP contribution in [0.15, 0.2) is 30.3 Å². The van der Waals surface area contributed by atoms with Gasteiger partial charge in [0.25, 0.3) is 5.91 Å². The molecule has 1 aromatic rings. The van der Waals surface area contributed by atoms with Crippen molar-refractivity contribution in [3.05, 3.63) is 35.9 Å². The Hall–Kier alpha value is -2.41. The summed E-state index contributed by atoms with van der Waals surface area (Å²) in [7, 11) is 1.46. The third kappa shape index (κ3) is 5.23. The first-order chi connectivity index (χ1) is 9.95. The molecule has 0 aliphatic heterocycles. The Labute approximate surface area is 122 Å². The summed E-state index contributed by atoms with van der Waals surface area (Å²) in [5, 5.41) is 19.9. The zero-order valence-electron chi connectivity index (χ0n) is 11.7. The number of hydrogen-bond donors (Lipinski definition) is 3. The van der Waals surface area contributed by atoms with Crippen molar-refractivity contribution >= 4 is 17.8 Å². The Morgan fingerprint density at radius 3 is 2.38 bits per heavy atom. The third-order valence-electron chi connectivity index (χ3n) is 2.80. The van der Waals surface area contributed by atoms with Gasteiger partial charge >= 0.3 is 5.97 Å². The fourth-order valence-electron chi connectivity index (χ4n) is 1.71. The number of nitrogens with one attached hydrogen (secondary N) is 1. The average molecular weight is 294 g/mol. The zero-order chi connectivity index (χ0) is 15.8. The predicted octanol–water partition coefficient (Wildman–Crippen LogP) is -0.290. The van der Waals surface area contributed by atoms with E-state index in [2.05, 4.69) is 5.32 Å². The van der Waals surface area contributed by atoms with Crippen molar-refractivity contribution in [1.29, 1.82) is 0 Å². The molecule has 0 aromatic heterocycles. The van der Waals surface area contributed by atoms with E-state index in [1.165, 1.54) is 11.9 Å². The molecule has 7 nitrogen and oxygen atoms in total. The van der Waals surface area contributed by atoms with Gasteiger partial charge in [0.15, 0.2) is 0 Å². The van der Waals surface area contributed by atoms with Gasteiger partial charge in [-0.1, -0.05) is 18.2 Å². The lowest BCUT2D eigenvalue weighted by Gasteiger charge is -2.19. The van der Waals surface area contributed by atoms with Crippen LogP contribution < -0.4 is 5.32 Å². The second kappa shape index (κ2) is 8.01. The molecule has 0 fully saturated rings. The summed E-state index contributed by atoms with van der Waals surface area (Å²) in [5.74, 6) is -2.16. The van der Waals surface area contributed by atoms with Crippen molar-refractivity contribution in [2.45, 2.75) is 12.5 Å². The number of carboxylic acids is 1. The average Bonchev–Trinajstić information content (AvgIpc) is 2.46. The SMILES string of the molecule is CN(CC(=O)N[C@H](CCO)C(=O)O)C(=O)c1ccccc1. The molecule has 0 bridgehead atoms. The molecule has 0 heterocycles. The Balaban J connectivity index is 2.57. The van der Waals surface area contributed by atoms with Gasteiger partial charge in [0.05, 0.1) is 6.54 Å². The Morgan fingerprint density at radius 1 is 1.24 bits per heavy atom. The summed E-state index contributed by atoms with van der Waals surface area (Å²) in [6.07, 6.45) is -0.0859. The van der Waals surface area contributed by atoms with Gasteiger partial charge in [-0.2, -0.15) is 0 Å². The van der Waals surface area contributed by atoms with Crippen LogP contribution in [0.25, 0.3) is 0 Å². The van der Waals surface area contributed by atoms with Gasteiger partial charge in [0, 0.05) is 25.6 Å². The Morgan fingerprint density at radius 2 is 1.86 bits per heavy atom. The van der Waals surface area contributed by atoms with Gasteiger partial charge in [-0.15, -0.1) is 0 Å². The van der Waals surface area contributed by atoms with Gasteiger partial charge in [0.1, 0.15) is 6.04 Å². The first kappa shape index (κ1) is 16.6. The lowest BCUT2D eigenvalue weighted by molar-refractivity contribution is -0.142. The molecular formula is C14H18N2O5. The number of aliphatic carboxylic acids is 1. The standard InChI is InChI=1S/C14H18N2O5/c1-16(13(19)10-5-3-2-4-6-10)9-12(18)15-11(7-8-17)14(20)21/h2-6,11,17H,7-9H2,1H3,(H,15,18)(H,20,21)/t11-/m1/s1. The molecule has 7 heteroatoms. The maximum absolute atomic E-state index is 12.0. The monoisotopic (exact) mass is 294 g/mol. The number of carbonyl (C=O) groups is 3. The van der Waals surface area contributed by atoms with Crippen LogP contribution in [0.2, 0.25) is 0 Å². The summed E-state index contributed by atoms with van der Waals surface area (Å²) in [5.41, 5.74) is 0.443. The summed E-state index contributed by atoms with van der Waals surface area (Å²) >= 11 is 0. The topological polar surface area (TPSA) is 107 Å². The highest BCUT2D eigenvalue weighted by atomic mass is 16.4. The fraction of sp³-hybridized carbons (Fsp3) is 0.357. The van der Waals surface area contributed by atoms with Crippen LogP contribution >= 0.6 is 0 Å². The van der Waals surface area contributed by atoms with E-state index >= 15 is 0 Å². The molecule has 2 amide bonds. The lowest BCUT2D eigenvalue weighted by atomic mass is 10.2. The molecular weight excluding hydrogens is 276 g/mol. The second-order valence-corrected chi connectivity index (χ2v) is 4.50. The molecule has 0 aliphatic carbocycles. The number of amides is 2. The van der Waals surface area contributed by atoms with Crippen LogP contribution in [-0.2, 0) is 9.59 Å². The molecule has 0 spiro atoms. The van der Waals surface area contributed by atoms with Gasteiger partial charge < -0.3 is 20.4 Å². The summed E-state index contributed by atoms with van der Waals surface area (Å²) in [6.45, 7) is -0.612. The van der Waals surface area contributed by atoms with Gasteiger partial charge in [-0.05, 0) is 12.1 Å². The number of aliphatic hydroxyl groups is 1. The van der Waals surface area contributed by atoms with Crippen molar-refractivity contribution in [2.75, 3.05) is 20.2 Å². The first-order valence-corrected chi connectivity index (χ1v) is 6.39. The van der Waals surface area contributed by atoms with E-state index in [0.717, 1.165) is 0 Å². The minimum absolute atomic E-state index is 0.0859. The number of likely N-dealkylation sites (N-methyl/N-ethyl adjacent to an activating group) is 1. The van der Waals surface area contributed by atoms with E-state index in [0.29, 0.717) is 5.56 Å². The Bertz CT molecular complexity index is 503. The molecule has 3 N–H and O–H groups in total. The first-order valence-electron chi connectivity index (χ1n) is 6.39. The maximum Gasteiger partial charge on any atom is 0.326 e. The van der Waals surface area contributed by atoms with E-state index in [1.807, 2.05) is 0 Å². The van der Waals surface area contributed by atoms with Crippen molar-refractivity contribution in [2.24, 2.45) is 0 Å². The third-order valence-corrected chi connectivity index (χ3v) is 2.80. The molecule has 0 aliphatic rings. The number of hydrogen-bond acceptors (Lipinski definition) is 4. The van der Waals surface area contributed by atoms with Crippen LogP contribution in [0.4, 0.5) is 0 Å². The van der Waals surface area contributed by atoms with Gasteiger partial charge in [-0.25, -0.2) is 4.79 Å². The summed E-state index contributed by atoms with van der Waals surface area (Å²) < 4.78 is 0. The van der Waals surface area contributed by atoms with Crippen LogP contribution in [0.5, 0.6) is 0 Å². The molecule has 0 saturated carbocycles. The number of rotatable bonds is 7. The molecule has 1 atom stereocenters. The summed E-state index contributed by atoms with van der Waals surface area (Å²) in [6, 6.07) is 7.29. The lowest BCUT2D eigenvalue weighted by Crippen LogP contribution is -2.46. The number of carboxylic acid groups (broad SMARTS) is 1. The minimum atomic E-state index is -1.23. The molecule has 21 heavy (non-hydrogen) atoms. The normalized spacial score (nSPS) is 11.5. The highest BCUT2D eigenvalue weighted by Gasteiger charge is 2.21. The second-order valence-electron chi connectivity index (χ2n) is 4.50. The molecule has 0 radical (unpaired) electrons. The molecule has 0 saturated heterocycles. The van der Waals surface area contributed by atoms with Crippen LogP contribution in [-0.4, -0.2) is 59.1 Å². The number of nitrogens with zero attached hydrogens (tertiary/aromatic N) is 1. The predicted molar refractivity (Wildman–Crippen MR) is 74.7 cm³/mol. The quantitative estimate of drug-likeness (QED) is 0.640. The largest absolute Gasteiger partial charge is 0.480 e. The van der Waals surface area contributed by atoms with Crippen molar-refractivity contribution in [1.82, 2.24) is 10.2 Å². The summed E-state index contributed by atoms with van der Waals surface area (Å²) in [4.78, 5) is 35.8. The van der Waals surface area contributed by atoms with Crippen molar-refractivity contribution in [3.63, 3.8) is 0 Å². The minimum Gasteiger partial charge on any atom is -0.480 e. The van der Waals surface area contributed by atoms with E-state index in [1.54, 1.807) is 30.3 Å². The highest BCUT2D eigenvalue weighted by Crippen LogP contribution is 2.02. The Kier molecular flexibility index (Phi) is 6.35. The van der Waals surface area contributed by atoms with Crippen molar-refractivity contribution in [3.8, 4) is 0 Å². The van der Waals surface area contributed by atoms with E-state index < -0.39 is 17.9 Å². The van der Waals surface area contributed by atoms with Gasteiger partial charge in [-0.3, -0.25) is 9.59 Å². The van der Waals surface area contributed by atoms with Crippen molar-refractivity contribution < 1.29 is 24.6 Å². The number of carbonyl (C=O) groups excluding carboxylic acids is 2. The van der Waals surface area contributed by atoms with Crippen LogP contribution in [0, 0.1) is 0 Å². The van der Waals surface area contributed by atoms with E-state index in [-0.39, 0.29) is 25.5 Å². The number of benzene rings is 1. The van der Waals surface area contributed by atoms with Crippen LogP contribution in [0.1, 0.15) is 16.8 Å². The molecule has 1 aromatic carbocycles. The molecule has 1 rings (SSSR count). The van der Waals surface area contributed by atoms with E-state index in [4.69, 9.17) is 10.2 Å². The molecule has 114 valence electrons.